The lowest BCUT2D eigenvalue weighted by Crippen LogP contribution is -2.30. The van der Waals surface area contributed by atoms with Crippen LogP contribution in [0, 0.1) is 5.92 Å². The van der Waals surface area contributed by atoms with Crippen LogP contribution >= 0.6 is 0 Å². The number of halogens is 3. The molecule has 0 aliphatic heterocycles. The summed E-state index contributed by atoms with van der Waals surface area (Å²) in [5.41, 5.74) is 6.31. The van der Waals surface area contributed by atoms with E-state index in [1.807, 2.05) is 11.9 Å². The van der Waals surface area contributed by atoms with Crippen molar-refractivity contribution in [2.75, 3.05) is 18.5 Å². The highest BCUT2D eigenvalue weighted by atomic mass is 19.4. The first-order chi connectivity index (χ1) is 8.91. The van der Waals surface area contributed by atoms with Crippen molar-refractivity contribution in [2.45, 2.75) is 32.0 Å². The van der Waals surface area contributed by atoms with E-state index in [4.69, 9.17) is 5.73 Å². The highest BCUT2D eigenvalue weighted by Crippen LogP contribution is 2.34. The van der Waals surface area contributed by atoms with Gasteiger partial charge in [-0.15, -0.1) is 0 Å². The van der Waals surface area contributed by atoms with Crippen LogP contribution in [-0.4, -0.2) is 13.6 Å². The van der Waals surface area contributed by atoms with Gasteiger partial charge in [0.15, 0.2) is 0 Å². The Kier molecular flexibility index (Phi) is 4.04. The largest absolute Gasteiger partial charge is 0.416 e. The molecule has 0 radical (unpaired) electrons. The van der Waals surface area contributed by atoms with E-state index in [2.05, 4.69) is 0 Å². The summed E-state index contributed by atoms with van der Waals surface area (Å²) in [6.07, 6.45) is -0.629. The number of benzene rings is 1. The van der Waals surface area contributed by atoms with Crippen LogP contribution in [0.15, 0.2) is 18.2 Å². The van der Waals surface area contributed by atoms with Gasteiger partial charge in [-0.3, -0.25) is 0 Å². The molecule has 2 N–H and O–H groups in total. The van der Waals surface area contributed by atoms with Gasteiger partial charge in [0, 0.05) is 25.8 Å². The van der Waals surface area contributed by atoms with Gasteiger partial charge in [-0.2, -0.15) is 13.2 Å². The monoisotopic (exact) mass is 272 g/mol. The Bertz CT molecular complexity index is 439. The first kappa shape index (κ1) is 14.2. The summed E-state index contributed by atoms with van der Waals surface area (Å²) in [7, 11) is 1.92. The Morgan fingerprint density at radius 3 is 2.47 bits per heavy atom. The highest BCUT2D eigenvalue weighted by Gasteiger charge is 2.31. The standard InChI is InChI=1S/C14H19F3N2/c1-19(9-10-3-2-4-10)13-6-5-12(14(15,16)17)7-11(13)8-18/h5-7,10H,2-4,8-9,18H2,1H3. The molecule has 1 aliphatic rings. The summed E-state index contributed by atoms with van der Waals surface area (Å²) in [6, 6.07) is 3.82. The lowest BCUT2D eigenvalue weighted by atomic mass is 9.85. The molecule has 2 nitrogen and oxygen atoms in total. The molecular weight excluding hydrogens is 253 g/mol. The lowest BCUT2D eigenvalue weighted by Gasteiger charge is -2.32. The van der Waals surface area contributed by atoms with E-state index in [1.54, 1.807) is 0 Å². The van der Waals surface area contributed by atoms with E-state index >= 15 is 0 Å². The molecule has 1 fully saturated rings. The van der Waals surface area contributed by atoms with Crippen LogP contribution < -0.4 is 10.6 Å². The maximum Gasteiger partial charge on any atom is 0.416 e. The molecule has 5 heteroatoms. The second kappa shape index (κ2) is 5.41. The molecular formula is C14H19F3N2. The smallest absolute Gasteiger partial charge is 0.374 e. The molecule has 1 aromatic rings. The number of hydrogen-bond acceptors (Lipinski definition) is 2. The van der Waals surface area contributed by atoms with Crippen molar-refractivity contribution in [1.82, 2.24) is 0 Å². The van der Waals surface area contributed by atoms with E-state index < -0.39 is 11.7 Å². The molecule has 19 heavy (non-hydrogen) atoms. The average Bonchev–Trinajstić information content (AvgIpc) is 2.31. The fourth-order valence-corrected chi connectivity index (χ4v) is 2.46. The van der Waals surface area contributed by atoms with E-state index in [9.17, 15) is 13.2 Å². The van der Waals surface area contributed by atoms with Gasteiger partial charge in [0.05, 0.1) is 5.56 Å². The minimum absolute atomic E-state index is 0.119. The predicted molar refractivity (Wildman–Crippen MR) is 69.9 cm³/mol. The summed E-state index contributed by atoms with van der Waals surface area (Å²) < 4.78 is 38.0. The van der Waals surface area contributed by atoms with Gasteiger partial charge in [0.2, 0.25) is 0 Å². The van der Waals surface area contributed by atoms with Crippen LogP contribution in [0.5, 0.6) is 0 Å². The molecule has 2 rings (SSSR count). The number of alkyl halides is 3. The van der Waals surface area contributed by atoms with Crippen LogP contribution in [0.4, 0.5) is 18.9 Å². The maximum absolute atomic E-state index is 12.7. The number of rotatable bonds is 4. The number of nitrogens with zero attached hydrogens (tertiary/aromatic N) is 1. The third-order valence-electron chi connectivity index (χ3n) is 3.79. The normalized spacial score (nSPS) is 16.3. The second-order valence-corrected chi connectivity index (χ2v) is 5.22. The molecule has 0 atom stereocenters. The maximum atomic E-state index is 12.7. The molecule has 0 heterocycles. The van der Waals surface area contributed by atoms with Gasteiger partial charge in [-0.25, -0.2) is 0 Å². The zero-order valence-corrected chi connectivity index (χ0v) is 11.0. The molecule has 1 saturated carbocycles. The molecule has 0 unspecified atom stereocenters. The van der Waals surface area contributed by atoms with Gasteiger partial charge < -0.3 is 10.6 Å². The minimum Gasteiger partial charge on any atom is -0.374 e. The highest BCUT2D eigenvalue weighted by molar-refractivity contribution is 5.55. The van der Waals surface area contributed by atoms with E-state index in [1.165, 1.54) is 25.3 Å². The Labute approximate surface area is 111 Å². The summed E-state index contributed by atoms with van der Waals surface area (Å²) >= 11 is 0. The third kappa shape index (κ3) is 3.21. The number of anilines is 1. The van der Waals surface area contributed by atoms with Crippen LogP contribution in [0.2, 0.25) is 0 Å². The van der Waals surface area contributed by atoms with Crippen LogP contribution in [0.1, 0.15) is 30.4 Å². The van der Waals surface area contributed by atoms with Crippen molar-refractivity contribution in [3.8, 4) is 0 Å². The summed E-state index contributed by atoms with van der Waals surface area (Å²) in [5.74, 6) is 0.665. The molecule has 1 aliphatic carbocycles. The SMILES string of the molecule is CN(CC1CCC1)c1ccc(C(F)(F)F)cc1CN. The van der Waals surface area contributed by atoms with Crippen molar-refractivity contribution in [3.05, 3.63) is 29.3 Å². The molecule has 0 spiro atoms. The second-order valence-electron chi connectivity index (χ2n) is 5.22. The lowest BCUT2D eigenvalue weighted by molar-refractivity contribution is -0.137. The Morgan fingerprint density at radius 2 is 2.00 bits per heavy atom. The summed E-state index contributed by atoms with van der Waals surface area (Å²) in [6.45, 7) is 1.01. The van der Waals surface area contributed by atoms with Crippen molar-refractivity contribution in [1.29, 1.82) is 0 Å². The van der Waals surface area contributed by atoms with Crippen LogP contribution in [-0.2, 0) is 12.7 Å². The van der Waals surface area contributed by atoms with Crippen molar-refractivity contribution in [3.63, 3.8) is 0 Å². The van der Waals surface area contributed by atoms with Gasteiger partial charge in [0.25, 0.3) is 0 Å². The van der Waals surface area contributed by atoms with Crippen molar-refractivity contribution < 1.29 is 13.2 Å². The summed E-state index contributed by atoms with van der Waals surface area (Å²) in [4.78, 5) is 2.02. The first-order valence-corrected chi connectivity index (χ1v) is 6.53. The van der Waals surface area contributed by atoms with Gasteiger partial charge in [0.1, 0.15) is 0 Å². The van der Waals surface area contributed by atoms with Gasteiger partial charge in [-0.05, 0) is 42.5 Å². The van der Waals surface area contributed by atoms with E-state index in [0.29, 0.717) is 11.5 Å². The molecule has 0 saturated heterocycles. The fraction of sp³-hybridized carbons (Fsp3) is 0.571. The Morgan fingerprint density at radius 1 is 1.32 bits per heavy atom. The average molecular weight is 272 g/mol. The molecule has 0 bridgehead atoms. The number of nitrogens with two attached hydrogens (primary N) is 1. The van der Waals surface area contributed by atoms with Crippen LogP contribution in [0.3, 0.4) is 0 Å². The van der Waals surface area contributed by atoms with Crippen molar-refractivity contribution >= 4 is 5.69 Å². The molecule has 106 valence electrons. The third-order valence-corrected chi connectivity index (χ3v) is 3.79. The molecule has 0 amide bonds. The van der Waals surface area contributed by atoms with Crippen LogP contribution in [0.25, 0.3) is 0 Å². The molecule has 1 aromatic carbocycles. The predicted octanol–water partition coefficient (Wildman–Crippen LogP) is 3.40. The summed E-state index contributed by atoms with van der Waals surface area (Å²) in [5, 5.41) is 0. The number of hydrogen-bond donors (Lipinski definition) is 1. The first-order valence-electron chi connectivity index (χ1n) is 6.53. The van der Waals surface area contributed by atoms with Gasteiger partial charge >= 0.3 is 6.18 Å². The topological polar surface area (TPSA) is 29.3 Å². The van der Waals surface area contributed by atoms with Gasteiger partial charge in [-0.1, -0.05) is 6.42 Å². The minimum atomic E-state index is -4.31. The quantitative estimate of drug-likeness (QED) is 0.910. The Balaban J connectivity index is 2.19. The van der Waals surface area contributed by atoms with E-state index in [0.717, 1.165) is 24.4 Å². The van der Waals surface area contributed by atoms with E-state index in [-0.39, 0.29) is 6.54 Å². The Hall–Kier alpha value is -1.23. The fourth-order valence-electron chi connectivity index (χ4n) is 2.46. The van der Waals surface area contributed by atoms with Crippen molar-refractivity contribution in [2.24, 2.45) is 11.7 Å². The zero-order valence-electron chi connectivity index (χ0n) is 11.0. The molecule has 0 aromatic heterocycles. The zero-order chi connectivity index (χ0) is 14.0.